The van der Waals surface area contributed by atoms with E-state index in [-0.39, 0.29) is 11.4 Å². The van der Waals surface area contributed by atoms with E-state index in [9.17, 15) is 13.2 Å². The Hall–Kier alpha value is -3.05. The number of halogens is 1. The molecule has 0 saturated heterocycles. The lowest BCUT2D eigenvalue weighted by Crippen LogP contribution is -2.30. The molecule has 3 aromatic heterocycles. The van der Waals surface area contributed by atoms with E-state index in [1.165, 1.54) is 29.8 Å². The van der Waals surface area contributed by atoms with E-state index in [2.05, 4.69) is 20.0 Å². The SMILES string of the molecule is O=C(O)CNc1cccc(C(Cc2cc3ccc(Cl)cc3s2)NS(=O)(=O)c2cccnc2)n1. The lowest BCUT2D eigenvalue weighted by Gasteiger charge is -2.18. The molecule has 0 fully saturated rings. The summed E-state index contributed by atoms with van der Waals surface area (Å²) < 4.78 is 29.8. The normalized spacial score (nSPS) is 12.5. The first-order valence-electron chi connectivity index (χ1n) is 9.83. The summed E-state index contributed by atoms with van der Waals surface area (Å²) in [5.41, 5.74) is 0.452. The van der Waals surface area contributed by atoms with Gasteiger partial charge >= 0.3 is 5.97 Å². The predicted octanol–water partition coefficient (Wildman–Crippen LogP) is 4.10. The highest BCUT2D eigenvalue weighted by Gasteiger charge is 2.24. The number of hydrogen-bond donors (Lipinski definition) is 3. The number of pyridine rings is 2. The number of fused-ring (bicyclic) bond motifs is 1. The molecule has 0 saturated carbocycles. The minimum atomic E-state index is -3.89. The standard InChI is InChI=1S/C22H19ClN4O4S2/c23-15-7-6-14-9-16(32-20(14)10-15)11-19(27-33(30,31)17-3-2-8-24-12-17)18-4-1-5-21(26-18)25-13-22(28)29/h1-10,12,19,27H,11,13H2,(H,25,26)(H,28,29). The number of hydrogen-bond acceptors (Lipinski definition) is 7. The zero-order chi connectivity index (χ0) is 23.4. The maximum absolute atomic E-state index is 13.0. The minimum absolute atomic E-state index is 0.0401. The second-order valence-electron chi connectivity index (χ2n) is 7.16. The molecule has 0 aliphatic heterocycles. The van der Waals surface area contributed by atoms with Gasteiger partial charge in [0.2, 0.25) is 10.0 Å². The largest absolute Gasteiger partial charge is 0.480 e. The van der Waals surface area contributed by atoms with Crippen LogP contribution in [0.25, 0.3) is 10.1 Å². The topological polar surface area (TPSA) is 121 Å². The third-order valence-corrected chi connectivity index (χ3v) is 7.54. The Labute approximate surface area is 199 Å². The Morgan fingerprint density at radius 2 is 2.00 bits per heavy atom. The number of thiophene rings is 1. The Balaban J connectivity index is 1.68. The summed E-state index contributed by atoms with van der Waals surface area (Å²) in [6.07, 6.45) is 3.11. The maximum Gasteiger partial charge on any atom is 0.322 e. The van der Waals surface area contributed by atoms with Gasteiger partial charge in [0.1, 0.15) is 17.3 Å². The van der Waals surface area contributed by atoms with Crippen molar-refractivity contribution >= 4 is 54.8 Å². The highest BCUT2D eigenvalue weighted by atomic mass is 35.5. The fourth-order valence-electron chi connectivity index (χ4n) is 3.24. The molecule has 170 valence electrons. The monoisotopic (exact) mass is 502 g/mol. The molecule has 3 heterocycles. The number of anilines is 1. The quantitative estimate of drug-likeness (QED) is 0.315. The maximum atomic E-state index is 13.0. The number of nitrogens with zero attached hydrogens (tertiary/aromatic N) is 2. The molecule has 4 aromatic rings. The number of sulfonamides is 1. The van der Waals surface area contributed by atoms with Crippen molar-refractivity contribution in [2.45, 2.75) is 17.4 Å². The minimum Gasteiger partial charge on any atom is -0.480 e. The second-order valence-corrected chi connectivity index (χ2v) is 10.5. The van der Waals surface area contributed by atoms with Crippen LogP contribution in [-0.2, 0) is 21.2 Å². The van der Waals surface area contributed by atoms with Gasteiger partial charge in [-0.05, 0) is 47.9 Å². The number of carbonyl (C=O) groups is 1. The molecular weight excluding hydrogens is 484 g/mol. The van der Waals surface area contributed by atoms with Crippen LogP contribution in [0.3, 0.4) is 0 Å². The van der Waals surface area contributed by atoms with Gasteiger partial charge in [-0.15, -0.1) is 11.3 Å². The average molecular weight is 503 g/mol. The van der Waals surface area contributed by atoms with Crippen molar-refractivity contribution in [3.63, 3.8) is 0 Å². The van der Waals surface area contributed by atoms with E-state index in [0.29, 0.717) is 23.0 Å². The molecule has 0 bridgehead atoms. The molecule has 0 aliphatic rings. The Kier molecular flexibility index (Phi) is 6.89. The first kappa shape index (κ1) is 23.1. The van der Waals surface area contributed by atoms with Crippen LogP contribution in [0.5, 0.6) is 0 Å². The summed E-state index contributed by atoms with van der Waals surface area (Å²) in [6.45, 7) is -0.306. The molecule has 33 heavy (non-hydrogen) atoms. The average Bonchev–Trinajstić information content (AvgIpc) is 3.19. The van der Waals surface area contributed by atoms with Crippen LogP contribution in [0.4, 0.5) is 5.82 Å². The lowest BCUT2D eigenvalue weighted by molar-refractivity contribution is -0.134. The number of nitrogens with one attached hydrogen (secondary N) is 2. The highest BCUT2D eigenvalue weighted by Crippen LogP contribution is 2.31. The van der Waals surface area contributed by atoms with E-state index < -0.39 is 22.0 Å². The summed E-state index contributed by atoms with van der Waals surface area (Å²) in [5.74, 6) is -0.691. The van der Waals surface area contributed by atoms with E-state index in [4.69, 9.17) is 16.7 Å². The zero-order valence-corrected chi connectivity index (χ0v) is 19.5. The molecule has 1 aromatic carbocycles. The summed E-state index contributed by atoms with van der Waals surface area (Å²) in [7, 11) is -3.89. The van der Waals surface area contributed by atoms with Crippen molar-refractivity contribution in [2.24, 2.45) is 0 Å². The number of aliphatic carboxylic acids is 1. The van der Waals surface area contributed by atoms with Gasteiger partial charge in [0.25, 0.3) is 0 Å². The van der Waals surface area contributed by atoms with Crippen LogP contribution < -0.4 is 10.0 Å². The van der Waals surface area contributed by atoms with E-state index >= 15 is 0 Å². The van der Waals surface area contributed by atoms with Crippen LogP contribution in [-0.4, -0.2) is 36.0 Å². The number of carboxylic acid groups (broad SMARTS) is 1. The third kappa shape index (κ3) is 5.85. The van der Waals surface area contributed by atoms with Gasteiger partial charge in [0, 0.05) is 33.4 Å². The molecular formula is C22H19ClN4O4S2. The summed E-state index contributed by atoms with van der Waals surface area (Å²) in [6, 6.07) is 14.9. The lowest BCUT2D eigenvalue weighted by atomic mass is 10.1. The second kappa shape index (κ2) is 9.84. The van der Waals surface area contributed by atoms with Crippen LogP contribution in [0.1, 0.15) is 16.6 Å². The van der Waals surface area contributed by atoms with Gasteiger partial charge < -0.3 is 10.4 Å². The van der Waals surface area contributed by atoms with Crippen molar-refractivity contribution < 1.29 is 18.3 Å². The van der Waals surface area contributed by atoms with E-state index in [1.54, 1.807) is 24.3 Å². The van der Waals surface area contributed by atoms with Gasteiger partial charge in [0.15, 0.2) is 0 Å². The molecule has 11 heteroatoms. The molecule has 0 radical (unpaired) electrons. The smallest absolute Gasteiger partial charge is 0.322 e. The van der Waals surface area contributed by atoms with Gasteiger partial charge in [-0.3, -0.25) is 9.78 Å². The van der Waals surface area contributed by atoms with Crippen LogP contribution in [0, 0.1) is 0 Å². The molecule has 0 amide bonds. The number of benzene rings is 1. The van der Waals surface area contributed by atoms with Crippen molar-refractivity contribution in [2.75, 3.05) is 11.9 Å². The highest BCUT2D eigenvalue weighted by molar-refractivity contribution is 7.89. The van der Waals surface area contributed by atoms with Crippen molar-refractivity contribution in [1.82, 2.24) is 14.7 Å². The Morgan fingerprint density at radius 1 is 1.15 bits per heavy atom. The van der Waals surface area contributed by atoms with Crippen LogP contribution in [0.15, 0.2) is 71.9 Å². The molecule has 0 aliphatic carbocycles. The number of carboxylic acids is 1. The third-order valence-electron chi connectivity index (χ3n) is 4.73. The fourth-order valence-corrected chi connectivity index (χ4v) is 5.80. The van der Waals surface area contributed by atoms with Crippen molar-refractivity contribution in [1.29, 1.82) is 0 Å². The summed E-state index contributed by atoms with van der Waals surface area (Å²) in [4.78, 5) is 20.2. The van der Waals surface area contributed by atoms with Crippen molar-refractivity contribution in [3.8, 4) is 0 Å². The molecule has 1 atom stereocenters. The van der Waals surface area contributed by atoms with Crippen LogP contribution >= 0.6 is 22.9 Å². The van der Waals surface area contributed by atoms with Crippen molar-refractivity contribution in [3.05, 3.63) is 82.6 Å². The van der Waals surface area contributed by atoms with E-state index in [1.807, 2.05) is 24.3 Å². The Bertz CT molecular complexity index is 1390. The van der Waals surface area contributed by atoms with Crippen LogP contribution in [0.2, 0.25) is 5.02 Å². The molecule has 3 N–H and O–H groups in total. The Morgan fingerprint density at radius 3 is 2.76 bits per heavy atom. The summed E-state index contributed by atoms with van der Waals surface area (Å²) >= 11 is 7.63. The molecule has 0 spiro atoms. The first-order chi connectivity index (χ1) is 15.8. The fraction of sp³-hybridized carbons (Fsp3) is 0.136. The van der Waals surface area contributed by atoms with E-state index in [0.717, 1.165) is 15.0 Å². The number of rotatable bonds is 9. The molecule has 4 rings (SSSR count). The summed E-state index contributed by atoms with van der Waals surface area (Å²) in [5, 5.41) is 13.3. The van der Waals surface area contributed by atoms with Gasteiger partial charge in [0.05, 0.1) is 11.7 Å². The van der Waals surface area contributed by atoms with Gasteiger partial charge in [-0.2, -0.15) is 0 Å². The van der Waals surface area contributed by atoms with Gasteiger partial charge in [-0.1, -0.05) is 23.7 Å². The van der Waals surface area contributed by atoms with Gasteiger partial charge in [-0.25, -0.2) is 18.1 Å². The number of aromatic nitrogens is 2. The predicted molar refractivity (Wildman–Crippen MR) is 128 cm³/mol. The first-order valence-corrected chi connectivity index (χ1v) is 12.5. The molecule has 1 unspecified atom stereocenters. The zero-order valence-electron chi connectivity index (χ0n) is 17.1. The molecule has 8 nitrogen and oxygen atoms in total.